The Morgan fingerprint density at radius 1 is 1.08 bits per heavy atom. The van der Waals surface area contributed by atoms with Gasteiger partial charge in [-0.3, -0.25) is 4.99 Å². The minimum absolute atomic E-state index is 0.177. The number of aryl methyl sites for hydroxylation is 2. The van der Waals surface area contributed by atoms with Gasteiger partial charge in [-0.15, -0.1) is 0 Å². The van der Waals surface area contributed by atoms with Crippen LogP contribution in [-0.2, 0) is 0 Å². The van der Waals surface area contributed by atoms with E-state index in [1.165, 1.54) is 22.3 Å². The summed E-state index contributed by atoms with van der Waals surface area (Å²) in [6, 6.07) is 12.1. The van der Waals surface area contributed by atoms with Crippen LogP contribution in [0.25, 0.3) is 0 Å². The van der Waals surface area contributed by atoms with Crippen molar-refractivity contribution >= 4 is 17.7 Å². The Kier molecular flexibility index (Phi) is 5.64. The molecule has 0 aliphatic carbocycles. The van der Waals surface area contributed by atoms with E-state index in [1.807, 2.05) is 24.3 Å². The topological polar surface area (TPSA) is 76.4 Å². The molecule has 0 amide bonds. The number of nitrogens with one attached hydrogen (secondary N) is 1. The lowest BCUT2D eigenvalue weighted by molar-refractivity contribution is 0.762. The molecule has 0 saturated carbocycles. The van der Waals surface area contributed by atoms with Crippen LogP contribution in [-0.4, -0.2) is 13.4 Å². The van der Waals surface area contributed by atoms with E-state index in [9.17, 15) is 0 Å². The fourth-order valence-electron chi connectivity index (χ4n) is 3.03. The standard InChI is InChI=1S/C20H26N4/c1-13-9-16(21)5-7-18(13)20(11-15(3)24-12-23-4)19-8-6-17(22)10-14(19)2/h5-10,12,20H,3,11,21-22H2,1-2,4H3,(H,23,24). The third kappa shape index (κ3) is 4.16. The van der Waals surface area contributed by atoms with Crippen molar-refractivity contribution < 1.29 is 0 Å². The summed E-state index contributed by atoms with van der Waals surface area (Å²) < 4.78 is 0. The lowest BCUT2D eigenvalue weighted by atomic mass is 9.83. The van der Waals surface area contributed by atoms with E-state index < -0.39 is 0 Å². The molecule has 2 aromatic rings. The first-order valence-corrected chi connectivity index (χ1v) is 7.99. The number of hydrogen-bond donors (Lipinski definition) is 3. The first-order chi connectivity index (χ1) is 11.4. The second-order valence-electron chi connectivity index (χ2n) is 6.12. The maximum atomic E-state index is 5.92. The third-order valence-corrected chi connectivity index (χ3v) is 4.19. The van der Waals surface area contributed by atoms with Gasteiger partial charge in [0, 0.05) is 30.0 Å². The predicted octanol–water partition coefficient (Wildman–Crippen LogP) is 3.75. The molecule has 0 aliphatic rings. The van der Waals surface area contributed by atoms with Gasteiger partial charge in [0.2, 0.25) is 0 Å². The van der Waals surface area contributed by atoms with Crippen molar-refractivity contribution in [1.82, 2.24) is 5.32 Å². The number of hydrogen-bond acceptors (Lipinski definition) is 3. The summed E-state index contributed by atoms with van der Waals surface area (Å²) in [6.07, 6.45) is 2.42. The van der Waals surface area contributed by atoms with Crippen LogP contribution in [0, 0.1) is 13.8 Å². The normalized spacial score (nSPS) is 11.2. The molecule has 0 saturated heterocycles. The van der Waals surface area contributed by atoms with E-state index in [-0.39, 0.29) is 5.92 Å². The van der Waals surface area contributed by atoms with E-state index in [2.05, 4.69) is 42.9 Å². The first kappa shape index (κ1) is 17.6. The van der Waals surface area contributed by atoms with Crippen LogP contribution in [0.3, 0.4) is 0 Å². The molecule has 5 N–H and O–H groups in total. The SMILES string of the molecule is C=C(CC(c1ccc(N)cc1C)c1ccc(N)cc1C)NC=NC. The van der Waals surface area contributed by atoms with Gasteiger partial charge < -0.3 is 16.8 Å². The zero-order valence-electron chi connectivity index (χ0n) is 14.6. The van der Waals surface area contributed by atoms with Gasteiger partial charge in [-0.25, -0.2) is 0 Å². The molecule has 0 spiro atoms. The minimum Gasteiger partial charge on any atom is -0.399 e. The van der Waals surface area contributed by atoms with Gasteiger partial charge >= 0.3 is 0 Å². The maximum absolute atomic E-state index is 5.92. The van der Waals surface area contributed by atoms with Gasteiger partial charge in [0.15, 0.2) is 0 Å². The molecular formula is C20H26N4. The summed E-state index contributed by atoms with van der Waals surface area (Å²) in [5.74, 6) is 0.177. The van der Waals surface area contributed by atoms with E-state index in [0.717, 1.165) is 23.5 Å². The molecular weight excluding hydrogens is 296 g/mol. The van der Waals surface area contributed by atoms with E-state index >= 15 is 0 Å². The zero-order chi connectivity index (χ0) is 17.7. The summed E-state index contributed by atoms with van der Waals surface area (Å²) in [7, 11) is 1.73. The van der Waals surface area contributed by atoms with Gasteiger partial charge in [-0.05, 0) is 66.8 Å². The summed E-state index contributed by atoms with van der Waals surface area (Å²) >= 11 is 0. The molecule has 4 heteroatoms. The average Bonchev–Trinajstić information content (AvgIpc) is 2.51. The average molecular weight is 322 g/mol. The fraction of sp³-hybridized carbons (Fsp3) is 0.250. The number of aliphatic imine (C=N–C) groups is 1. The molecule has 0 aliphatic heterocycles. The molecule has 0 unspecified atom stereocenters. The van der Waals surface area contributed by atoms with Gasteiger partial charge in [0.1, 0.15) is 0 Å². The molecule has 2 rings (SSSR count). The monoisotopic (exact) mass is 322 g/mol. The molecule has 4 nitrogen and oxygen atoms in total. The number of nitrogens with two attached hydrogens (primary N) is 2. The summed E-state index contributed by atoms with van der Waals surface area (Å²) in [5.41, 5.74) is 19.1. The van der Waals surface area contributed by atoms with Crippen molar-refractivity contribution in [2.45, 2.75) is 26.2 Å². The van der Waals surface area contributed by atoms with Crippen LogP contribution in [0.15, 0.2) is 53.7 Å². The zero-order valence-corrected chi connectivity index (χ0v) is 14.6. The number of rotatable bonds is 6. The Labute approximate surface area is 144 Å². The Hall–Kier alpha value is -2.75. The first-order valence-electron chi connectivity index (χ1n) is 7.99. The van der Waals surface area contributed by atoms with Crippen molar-refractivity contribution in [3.63, 3.8) is 0 Å². The quantitative estimate of drug-likeness (QED) is 0.430. The van der Waals surface area contributed by atoms with Crippen LogP contribution < -0.4 is 16.8 Å². The number of nitrogen functional groups attached to an aromatic ring is 2. The predicted molar refractivity (Wildman–Crippen MR) is 104 cm³/mol. The molecule has 24 heavy (non-hydrogen) atoms. The molecule has 126 valence electrons. The molecule has 0 bridgehead atoms. The Bertz CT molecular complexity index is 711. The summed E-state index contributed by atoms with van der Waals surface area (Å²) in [4.78, 5) is 3.96. The maximum Gasteiger partial charge on any atom is 0.0861 e. The lowest BCUT2D eigenvalue weighted by Crippen LogP contribution is -2.15. The largest absolute Gasteiger partial charge is 0.399 e. The van der Waals surface area contributed by atoms with Crippen LogP contribution >= 0.6 is 0 Å². The van der Waals surface area contributed by atoms with Crippen LogP contribution in [0.5, 0.6) is 0 Å². The molecule has 2 aromatic carbocycles. The molecule has 0 radical (unpaired) electrons. The van der Waals surface area contributed by atoms with Crippen molar-refractivity contribution in [3.05, 3.63) is 70.9 Å². The molecule has 0 heterocycles. The van der Waals surface area contributed by atoms with Crippen molar-refractivity contribution in [2.24, 2.45) is 4.99 Å². The smallest absolute Gasteiger partial charge is 0.0861 e. The number of benzene rings is 2. The molecule has 0 atom stereocenters. The van der Waals surface area contributed by atoms with Gasteiger partial charge in [0.05, 0.1) is 6.34 Å². The van der Waals surface area contributed by atoms with Crippen LogP contribution in [0.2, 0.25) is 0 Å². The van der Waals surface area contributed by atoms with Crippen LogP contribution in [0.1, 0.15) is 34.6 Å². The van der Waals surface area contributed by atoms with E-state index in [0.29, 0.717) is 0 Å². The Morgan fingerprint density at radius 3 is 2.00 bits per heavy atom. The number of nitrogens with zero attached hydrogens (tertiary/aromatic N) is 1. The van der Waals surface area contributed by atoms with Crippen LogP contribution in [0.4, 0.5) is 11.4 Å². The molecule has 0 fully saturated rings. The highest BCUT2D eigenvalue weighted by Crippen LogP contribution is 2.35. The fourth-order valence-corrected chi connectivity index (χ4v) is 3.03. The minimum atomic E-state index is 0.177. The summed E-state index contributed by atoms with van der Waals surface area (Å²) in [5, 5.41) is 3.13. The highest BCUT2D eigenvalue weighted by atomic mass is 14.9. The second kappa shape index (κ2) is 7.68. The number of allylic oxidation sites excluding steroid dienone is 1. The summed E-state index contributed by atoms with van der Waals surface area (Å²) in [6.45, 7) is 8.31. The Morgan fingerprint density at radius 2 is 1.58 bits per heavy atom. The van der Waals surface area contributed by atoms with Gasteiger partial charge in [0.25, 0.3) is 0 Å². The third-order valence-electron chi connectivity index (χ3n) is 4.19. The molecule has 0 aromatic heterocycles. The highest BCUT2D eigenvalue weighted by molar-refractivity contribution is 5.57. The van der Waals surface area contributed by atoms with Crippen molar-refractivity contribution in [1.29, 1.82) is 0 Å². The number of anilines is 2. The van der Waals surface area contributed by atoms with Crippen molar-refractivity contribution in [2.75, 3.05) is 18.5 Å². The lowest BCUT2D eigenvalue weighted by Gasteiger charge is -2.23. The Balaban J connectivity index is 2.46. The second-order valence-corrected chi connectivity index (χ2v) is 6.12. The van der Waals surface area contributed by atoms with Crippen molar-refractivity contribution in [3.8, 4) is 0 Å². The van der Waals surface area contributed by atoms with E-state index in [1.54, 1.807) is 13.4 Å². The van der Waals surface area contributed by atoms with E-state index in [4.69, 9.17) is 11.5 Å². The highest BCUT2D eigenvalue weighted by Gasteiger charge is 2.19. The van der Waals surface area contributed by atoms with Gasteiger partial charge in [-0.1, -0.05) is 18.7 Å². The van der Waals surface area contributed by atoms with Gasteiger partial charge in [-0.2, -0.15) is 0 Å².